The van der Waals surface area contributed by atoms with Gasteiger partial charge in [-0.2, -0.15) is 0 Å². The second-order valence-corrected chi connectivity index (χ2v) is 3.45. The molecule has 0 unspecified atom stereocenters. The highest BCUT2D eigenvalue weighted by Gasteiger charge is 2.10. The number of nitrogens with one attached hydrogen (secondary N) is 3. The smallest absolute Gasteiger partial charge is 0.411 e. The zero-order valence-corrected chi connectivity index (χ0v) is 9.77. The van der Waals surface area contributed by atoms with E-state index >= 15 is 0 Å². The molecule has 94 valence electrons. The standard InChI is InChI=1S/C11H12N4O3/c1-2-18-11(17)13-8-3-4-9(14-10(8)16)15-6-5-12-7-15/h3-7H,2H2,1H3,(H2,13,14,16,17)/p+1. The molecule has 2 heterocycles. The van der Waals surface area contributed by atoms with Crippen LogP contribution in [0.25, 0.3) is 5.82 Å². The van der Waals surface area contributed by atoms with Crippen molar-refractivity contribution in [3.63, 3.8) is 0 Å². The normalized spacial score (nSPS) is 10.1. The highest BCUT2D eigenvalue weighted by molar-refractivity contribution is 5.84. The molecule has 0 bridgehead atoms. The number of carbonyl (C=O) groups is 1. The van der Waals surface area contributed by atoms with Gasteiger partial charge >= 0.3 is 11.7 Å². The molecule has 7 nitrogen and oxygen atoms in total. The molecule has 2 aromatic heterocycles. The molecule has 3 N–H and O–H groups in total. The molecule has 0 radical (unpaired) electrons. The number of aromatic nitrogens is 3. The minimum atomic E-state index is -0.648. The van der Waals surface area contributed by atoms with Crippen molar-refractivity contribution >= 4 is 11.8 Å². The third-order valence-corrected chi connectivity index (χ3v) is 2.23. The minimum Gasteiger partial charge on any atom is -0.450 e. The predicted octanol–water partition coefficient (Wildman–Crippen LogP) is 0.548. The zero-order chi connectivity index (χ0) is 13.0. The molecule has 2 aromatic rings. The monoisotopic (exact) mass is 249 g/mol. The van der Waals surface area contributed by atoms with Gasteiger partial charge in [0.1, 0.15) is 11.9 Å². The molecule has 18 heavy (non-hydrogen) atoms. The number of pyridine rings is 1. The number of amides is 1. The Kier molecular flexibility index (Phi) is 3.42. The fraction of sp³-hybridized carbons (Fsp3) is 0.182. The van der Waals surface area contributed by atoms with Crippen molar-refractivity contribution < 1.29 is 14.1 Å². The summed E-state index contributed by atoms with van der Waals surface area (Å²) < 4.78 is 6.39. The van der Waals surface area contributed by atoms with E-state index in [-0.39, 0.29) is 12.3 Å². The number of imidazole rings is 1. The van der Waals surface area contributed by atoms with E-state index in [4.69, 9.17) is 4.74 Å². The third kappa shape index (κ3) is 2.57. The van der Waals surface area contributed by atoms with Gasteiger partial charge in [0.25, 0.3) is 0 Å². The van der Waals surface area contributed by atoms with Crippen LogP contribution < -0.4 is 15.4 Å². The van der Waals surface area contributed by atoms with Crippen LogP contribution >= 0.6 is 0 Å². The molecule has 0 saturated carbocycles. The maximum atomic E-state index is 11.7. The number of carbonyl (C=O) groups excluding carboxylic acids is 1. The molecule has 7 heteroatoms. The Morgan fingerprint density at radius 1 is 1.50 bits per heavy atom. The van der Waals surface area contributed by atoms with Crippen LogP contribution in [0.4, 0.5) is 10.5 Å². The van der Waals surface area contributed by atoms with Crippen LogP contribution in [-0.4, -0.2) is 22.7 Å². The van der Waals surface area contributed by atoms with Crippen molar-refractivity contribution in [2.24, 2.45) is 0 Å². The molecule has 0 fully saturated rings. The second-order valence-electron chi connectivity index (χ2n) is 3.45. The minimum absolute atomic E-state index is 0.147. The molecular weight excluding hydrogens is 236 g/mol. The summed E-state index contributed by atoms with van der Waals surface area (Å²) in [6.45, 7) is 1.94. The molecular formula is C11H13N4O3+. The van der Waals surface area contributed by atoms with Crippen molar-refractivity contribution in [2.45, 2.75) is 6.92 Å². The Balaban J connectivity index is 2.21. The van der Waals surface area contributed by atoms with E-state index in [0.717, 1.165) is 0 Å². The van der Waals surface area contributed by atoms with Gasteiger partial charge in [0.15, 0.2) is 6.33 Å². The van der Waals surface area contributed by atoms with Crippen LogP contribution in [0, 0.1) is 0 Å². The van der Waals surface area contributed by atoms with E-state index in [2.05, 4.69) is 15.3 Å². The highest BCUT2D eigenvalue weighted by atomic mass is 16.5. The van der Waals surface area contributed by atoms with Gasteiger partial charge in [-0.1, -0.05) is 0 Å². The van der Waals surface area contributed by atoms with Gasteiger partial charge in [0.2, 0.25) is 5.82 Å². The molecule has 0 aliphatic rings. The first kappa shape index (κ1) is 11.9. The number of nitrogens with zero attached hydrogens (tertiary/aromatic N) is 1. The average Bonchev–Trinajstić information content (AvgIpc) is 2.85. The van der Waals surface area contributed by atoms with Crippen molar-refractivity contribution in [2.75, 3.05) is 11.9 Å². The number of hydrogen-bond acceptors (Lipinski definition) is 3. The van der Waals surface area contributed by atoms with E-state index in [1.807, 2.05) is 0 Å². The van der Waals surface area contributed by atoms with Gasteiger partial charge < -0.3 is 4.74 Å². The molecule has 0 atom stereocenters. The van der Waals surface area contributed by atoms with E-state index in [1.54, 1.807) is 36.3 Å². The lowest BCUT2D eigenvalue weighted by molar-refractivity contribution is -0.598. The van der Waals surface area contributed by atoms with E-state index < -0.39 is 11.7 Å². The second kappa shape index (κ2) is 5.17. The first-order valence-electron chi connectivity index (χ1n) is 5.42. The molecule has 1 amide bonds. The summed E-state index contributed by atoms with van der Waals surface area (Å²) in [5.41, 5.74) is -0.248. The van der Waals surface area contributed by atoms with E-state index in [0.29, 0.717) is 5.82 Å². The van der Waals surface area contributed by atoms with Gasteiger partial charge in [-0.05, 0) is 13.0 Å². The van der Waals surface area contributed by atoms with Crippen LogP contribution in [0.1, 0.15) is 6.92 Å². The highest BCUT2D eigenvalue weighted by Crippen LogP contribution is 2.00. The number of H-pyrrole nitrogens is 2. The van der Waals surface area contributed by atoms with Crippen molar-refractivity contribution in [3.8, 4) is 5.82 Å². The average molecular weight is 249 g/mol. The summed E-state index contributed by atoms with van der Waals surface area (Å²) >= 11 is 0. The Hall–Kier alpha value is -2.57. The molecule has 0 aromatic carbocycles. The number of anilines is 1. The van der Waals surface area contributed by atoms with Crippen molar-refractivity contribution in [1.29, 1.82) is 0 Å². The number of ether oxygens (including phenoxy) is 1. The fourth-order valence-corrected chi connectivity index (χ4v) is 1.43. The van der Waals surface area contributed by atoms with Gasteiger partial charge in [0, 0.05) is 6.07 Å². The van der Waals surface area contributed by atoms with Gasteiger partial charge in [-0.25, -0.2) is 19.1 Å². The largest absolute Gasteiger partial charge is 0.450 e. The summed E-state index contributed by atoms with van der Waals surface area (Å²) in [6, 6.07) is 3.20. The van der Waals surface area contributed by atoms with Gasteiger partial charge in [-0.3, -0.25) is 10.3 Å². The van der Waals surface area contributed by atoms with E-state index in [1.165, 1.54) is 6.07 Å². The first-order chi connectivity index (χ1) is 8.70. The Morgan fingerprint density at radius 2 is 2.33 bits per heavy atom. The van der Waals surface area contributed by atoms with Crippen LogP contribution in [0.5, 0.6) is 0 Å². The van der Waals surface area contributed by atoms with E-state index in [9.17, 15) is 9.59 Å². The number of rotatable bonds is 3. The van der Waals surface area contributed by atoms with Crippen molar-refractivity contribution in [1.82, 2.24) is 9.97 Å². The third-order valence-electron chi connectivity index (χ3n) is 2.23. The molecule has 0 spiro atoms. The first-order valence-corrected chi connectivity index (χ1v) is 5.42. The SMILES string of the molecule is CCOC(=O)Nc1ccc(-[n+]2cc[nH]c2)[nH]c1=O. The zero-order valence-electron chi connectivity index (χ0n) is 9.77. The summed E-state index contributed by atoms with van der Waals surface area (Å²) in [5, 5.41) is 2.36. The fourth-order valence-electron chi connectivity index (χ4n) is 1.43. The van der Waals surface area contributed by atoms with Crippen LogP contribution in [0.2, 0.25) is 0 Å². The maximum Gasteiger partial charge on any atom is 0.411 e. The van der Waals surface area contributed by atoms with Crippen LogP contribution in [0.3, 0.4) is 0 Å². The summed E-state index contributed by atoms with van der Waals surface area (Å²) in [4.78, 5) is 28.4. The van der Waals surface area contributed by atoms with Gasteiger partial charge in [0.05, 0.1) is 12.8 Å². The lowest BCUT2D eigenvalue weighted by atomic mass is 10.4. The lowest BCUT2D eigenvalue weighted by Crippen LogP contribution is -2.32. The van der Waals surface area contributed by atoms with Crippen LogP contribution in [0.15, 0.2) is 35.6 Å². The quantitative estimate of drug-likeness (QED) is 0.694. The van der Waals surface area contributed by atoms with Crippen LogP contribution in [-0.2, 0) is 4.74 Å². The molecule has 0 saturated heterocycles. The summed E-state index contributed by atoms with van der Waals surface area (Å²) in [7, 11) is 0. The summed E-state index contributed by atoms with van der Waals surface area (Å²) in [6.07, 6.45) is 4.52. The Morgan fingerprint density at radius 3 is 2.94 bits per heavy atom. The molecule has 2 rings (SSSR count). The number of aromatic amines is 2. The van der Waals surface area contributed by atoms with Crippen molar-refractivity contribution in [3.05, 3.63) is 41.2 Å². The Labute approximate surface area is 102 Å². The Bertz CT molecular complexity index is 589. The topological polar surface area (TPSA) is 90.9 Å². The van der Waals surface area contributed by atoms with Gasteiger partial charge in [-0.15, -0.1) is 0 Å². The molecule has 0 aliphatic carbocycles. The molecule has 0 aliphatic heterocycles. The number of hydrogen-bond donors (Lipinski definition) is 3. The lowest BCUT2D eigenvalue weighted by Gasteiger charge is -2.03. The predicted molar refractivity (Wildman–Crippen MR) is 63.6 cm³/mol. The summed E-state index contributed by atoms with van der Waals surface area (Å²) in [5.74, 6) is 0.593. The maximum absolute atomic E-state index is 11.7.